The molecule has 4 aliphatic rings. The molecule has 14 heteroatoms. The van der Waals surface area contributed by atoms with Crippen molar-refractivity contribution in [3.63, 3.8) is 0 Å². The molecule has 52 heavy (non-hydrogen) atoms. The van der Waals surface area contributed by atoms with E-state index in [-0.39, 0.29) is 43.5 Å². The highest BCUT2D eigenvalue weighted by Crippen LogP contribution is 2.45. The van der Waals surface area contributed by atoms with Crippen molar-refractivity contribution < 1.29 is 63.2 Å². The summed E-state index contributed by atoms with van der Waals surface area (Å²) in [5.41, 5.74) is -2.15. The number of carbonyl (C=O) groups is 3. The van der Waals surface area contributed by atoms with Gasteiger partial charge < -0.3 is 58.5 Å². The number of fused-ring (bicyclic) bond motifs is 1. The first-order chi connectivity index (χ1) is 24.2. The monoisotopic (exact) mass is 741 g/mol. The van der Waals surface area contributed by atoms with Crippen LogP contribution in [0.25, 0.3) is 0 Å². The lowest BCUT2D eigenvalue weighted by Crippen LogP contribution is -2.65. The Labute approximate surface area is 308 Å². The maximum atomic E-state index is 13.4. The summed E-state index contributed by atoms with van der Waals surface area (Å²) in [4.78, 5) is 40.5. The van der Waals surface area contributed by atoms with Crippen LogP contribution >= 0.6 is 0 Å². The molecule has 3 saturated heterocycles. The summed E-state index contributed by atoms with van der Waals surface area (Å²) in [5, 5.41) is 44.5. The van der Waals surface area contributed by atoms with Crippen LogP contribution < -0.4 is 0 Å². The lowest BCUT2D eigenvalue weighted by molar-refractivity contribution is -0.341. The Bertz CT molecular complexity index is 1260. The number of likely N-dealkylation sites (N-methyl/N-ethyl adjacent to an activating group) is 1. The van der Waals surface area contributed by atoms with Crippen LogP contribution in [0, 0.1) is 23.7 Å². The van der Waals surface area contributed by atoms with Gasteiger partial charge in [0.2, 0.25) is 0 Å². The van der Waals surface area contributed by atoms with Gasteiger partial charge >= 0.3 is 5.97 Å². The molecule has 0 aliphatic carbocycles. The van der Waals surface area contributed by atoms with Crippen molar-refractivity contribution in [2.45, 2.75) is 172 Å². The molecule has 0 aromatic heterocycles. The Hall–Kier alpha value is -1.85. The normalized spacial score (nSPS) is 48.8. The number of cyclic esters (lactones) is 1. The van der Waals surface area contributed by atoms with E-state index in [1.807, 2.05) is 20.8 Å². The van der Waals surface area contributed by atoms with E-state index in [9.17, 15) is 34.8 Å². The molecule has 0 amide bonds. The van der Waals surface area contributed by atoms with Crippen LogP contribution in [0.3, 0.4) is 0 Å². The van der Waals surface area contributed by atoms with Crippen LogP contribution in [0.2, 0.25) is 0 Å². The van der Waals surface area contributed by atoms with Gasteiger partial charge in [0.05, 0.1) is 48.6 Å². The van der Waals surface area contributed by atoms with Gasteiger partial charge in [0.25, 0.3) is 0 Å². The van der Waals surface area contributed by atoms with Gasteiger partial charge in [-0.2, -0.15) is 0 Å². The summed E-state index contributed by atoms with van der Waals surface area (Å²) in [6.07, 6.45) is -5.29. The number of esters is 1. The second-order valence-electron chi connectivity index (χ2n) is 16.3. The molecule has 298 valence electrons. The van der Waals surface area contributed by atoms with Crippen molar-refractivity contribution in [2.75, 3.05) is 14.1 Å². The Kier molecular flexibility index (Phi) is 14.3. The average molecular weight is 742 g/mol. The SMILES string of the molecule is CCC1OC(=O)CC(O)C(C)C(OC2OC(C)C(OC3CC(C)(O)C(O)C(C)O3)C(N(C)C)C2O)C(CC=O)CC(C)C(=O)/C=C/C2(C)OC2C1C. The highest BCUT2D eigenvalue weighted by molar-refractivity contribution is 5.91. The van der Waals surface area contributed by atoms with Gasteiger partial charge in [0.1, 0.15) is 36.3 Å². The van der Waals surface area contributed by atoms with E-state index in [2.05, 4.69) is 0 Å². The van der Waals surface area contributed by atoms with Crippen LogP contribution in [0.4, 0.5) is 0 Å². The highest BCUT2D eigenvalue weighted by Gasteiger charge is 2.56. The van der Waals surface area contributed by atoms with Gasteiger partial charge in [0.15, 0.2) is 18.4 Å². The first kappa shape index (κ1) is 42.9. The van der Waals surface area contributed by atoms with Crippen molar-refractivity contribution in [3.8, 4) is 0 Å². The number of ether oxygens (including phenoxy) is 6. The number of epoxide rings is 1. The van der Waals surface area contributed by atoms with Crippen molar-refractivity contribution in [2.24, 2.45) is 23.7 Å². The van der Waals surface area contributed by atoms with Crippen LogP contribution in [-0.2, 0) is 42.8 Å². The van der Waals surface area contributed by atoms with Crippen molar-refractivity contribution in [3.05, 3.63) is 12.2 Å². The molecule has 18 unspecified atom stereocenters. The van der Waals surface area contributed by atoms with E-state index >= 15 is 0 Å². The summed E-state index contributed by atoms with van der Waals surface area (Å²) in [6, 6.07) is -0.705. The second-order valence-corrected chi connectivity index (χ2v) is 16.3. The zero-order chi connectivity index (χ0) is 38.9. The second kappa shape index (κ2) is 17.3. The smallest absolute Gasteiger partial charge is 0.308 e. The van der Waals surface area contributed by atoms with Gasteiger partial charge in [-0.1, -0.05) is 27.7 Å². The molecule has 0 spiro atoms. The quantitative estimate of drug-likeness (QED) is 0.160. The molecule has 4 N–H and O–H groups in total. The minimum absolute atomic E-state index is 0.0119. The van der Waals surface area contributed by atoms with E-state index in [1.54, 1.807) is 52.8 Å². The first-order valence-corrected chi connectivity index (χ1v) is 18.8. The fraction of sp³-hybridized carbons (Fsp3) is 0.868. The zero-order valence-electron chi connectivity index (χ0n) is 32.4. The molecule has 4 heterocycles. The number of aliphatic hydroxyl groups excluding tert-OH is 3. The van der Waals surface area contributed by atoms with Crippen molar-refractivity contribution in [1.82, 2.24) is 4.90 Å². The predicted octanol–water partition coefficient (Wildman–Crippen LogP) is 1.91. The number of rotatable bonds is 8. The van der Waals surface area contributed by atoms with Gasteiger partial charge in [-0.3, -0.25) is 9.59 Å². The van der Waals surface area contributed by atoms with Crippen LogP contribution in [0.15, 0.2) is 12.2 Å². The topological polar surface area (TPSA) is 194 Å². The van der Waals surface area contributed by atoms with Crippen molar-refractivity contribution >= 4 is 18.0 Å². The number of aliphatic hydroxyl groups is 4. The maximum absolute atomic E-state index is 13.4. The van der Waals surface area contributed by atoms with Gasteiger partial charge in [-0.15, -0.1) is 0 Å². The third kappa shape index (κ3) is 9.68. The molecule has 0 aromatic carbocycles. The Morgan fingerprint density at radius 2 is 1.65 bits per heavy atom. The molecule has 0 saturated carbocycles. The van der Waals surface area contributed by atoms with Crippen LogP contribution in [0.5, 0.6) is 0 Å². The minimum Gasteiger partial charge on any atom is -0.462 e. The number of hydrogen-bond acceptors (Lipinski definition) is 14. The molecule has 3 fully saturated rings. The Balaban J connectivity index is 1.62. The molecule has 18 atom stereocenters. The number of carbonyl (C=O) groups excluding carboxylic acids is 3. The highest BCUT2D eigenvalue weighted by atomic mass is 16.7. The summed E-state index contributed by atoms with van der Waals surface area (Å²) < 4.78 is 36.9. The van der Waals surface area contributed by atoms with Gasteiger partial charge in [-0.25, -0.2) is 0 Å². The van der Waals surface area contributed by atoms with Gasteiger partial charge in [-0.05, 0) is 72.7 Å². The predicted molar refractivity (Wildman–Crippen MR) is 188 cm³/mol. The van der Waals surface area contributed by atoms with Crippen LogP contribution in [0.1, 0.15) is 87.5 Å². The number of allylic oxidation sites excluding steroid dienone is 1. The fourth-order valence-corrected chi connectivity index (χ4v) is 8.33. The fourth-order valence-electron chi connectivity index (χ4n) is 8.33. The van der Waals surface area contributed by atoms with E-state index in [0.29, 0.717) is 6.42 Å². The van der Waals surface area contributed by atoms with E-state index in [1.165, 1.54) is 13.0 Å². The first-order valence-electron chi connectivity index (χ1n) is 18.8. The van der Waals surface area contributed by atoms with E-state index < -0.39 is 102 Å². The van der Waals surface area contributed by atoms with Gasteiger partial charge in [0, 0.05) is 30.6 Å². The summed E-state index contributed by atoms with van der Waals surface area (Å²) in [5.74, 6) is -2.81. The maximum Gasteiger partial charge on any atom is 0.308 e. The minimum atomic E-state index is -1.46. The van der Waals surface area contributed by atoms with E-state index in [0.717, 1.165) is 6.29 Å². The summed E-state index contributed by atoms with van der Waals surface area (Å²) >= 11 is 0. The molecule has 0 aromatic rings. The molecular formula is C38H63NO13. The third-order valence-corrected chi connectivity index (χ3v) is 11.7. The lowest BCUT2D eigenvalue weighted by Gasteiger charge is -2.50. The molecule has 14 nitrogen and oxygen atoms in total. The number of aldehydes is 1. The van der Waals surface area contributed by atoms with Crippen molar-refractivity contribution in [1.29, 1.82) is 0 Å². The Morgan fingerprint density at radius 3 is 2.25 bits per heavy atom. The molecule has 0 radical (unpaired) electrons. The van der Waals surface area contributed by atoms with E-state index in [4.69, 9.17) is 28.4 Å². The van der Waals surface area contributed by atoms with Crippen LogP contribution in [-0.4, -0.2) is 142 Å². The standard InChI is InChI=1S/C38H63NO13/c1-11-27-21(4)35-38(8,52-35)14-12-25(41)19(2)16-24(13-15-40)32(20(3)26(42)17-28(43)49-27)51-36-31(44)30(39(9)10)33(22(5)48-36)50-29-18-37(7,46)34(45)23(6)47-29/h12,14-15,19-24,26-27,29-36,42,44-46H,11,13,16-18H2,1-10H3/b14-12+. The largest absolute Gasteiger partial charge is 0.462 e. The third-order valence-electron chi connectivity index (χ3n) is 11.7. The molecule has 4 rings (SSSR count). The Morgan fingerprint density at radius 1 is 0.981 bits per heavy atom. The summed E-state index contributed by atoms with van der Waals surface area (Å²) in [6.45, 7) is 14.1. The number of hydrogen-bond donors (Lipinski definition) is 4. The summed E-state index contributed by atoms with van der Waals surface area (Å²) in [7, 11) is 3.54. The number of ketones is 1. The molecule has 4 aliphatic heterocycles. The molecular weight excluding hydrogens is 678 g/mol. The number of nitrogens with zero attached hydrogens (tertiary/aromatic N) is 1. The molecule has 0 bridgehead atoms. The lowest BCUT2D eigenvalue weighted by atomic mass is 9.79. The average Bonchev–Trinajstić information content (AvgIpc) is 3.75. The zero-order valence-corrected chi connectivity index (χ0v) is 32.4.